The summed E-state index contributed by atoms with van der Waals surface area (Å²) < 4.78 is 37.2. The first kappa shape index (κ1) is 17.1. The Labute approximate surface area is 135 Å². The molecule has 1 N–H and O–H groups in total. The summed E-state index contributed by atoms with van der Waals surface area (Å²) in [5.74, 6) is -0.476. The molecule has 122 valence electrons. The second kappa shape index (κ2) is 6.85. The van der Waals surface area contributed by atoms with Gasteiger partial charge in [-0.1, -0.05) is 56.3 Å². The van der Waals surface area contributed by atoms with E-state index >= 15 is 0 Å². The monoisotopic (exact) mass is 333 g/mol. The van der Waals surface area contributed by atoms with Crippen molar-refractivity contribution in [2.45, 2.75) is 19.8 Å². The first-order valence-corrected chi connectivity index (χ1v) is 8.35. The van der Waals surface area contributed by atoms with Crippen LogP contribution in [0.2, 0.25) is 0 Å². The molecule has 2 rings (SSSR count). The van der Waals surface area contributed by atoms with Crippen molar-refractivity contribution in [2.75, 3.05) is 0 Å². The van der Waals surface area contributed by atoms with E-state index in [0.717, 1.165) is 5.56 Å². The molecule has 2 aromatic rings. The predicted molar refractivity (Wildman–Crippen MR) is 87.9 cm³/mol. The Morgan fingerprint density at radius 3 is 2.26 bits per heavy atom. The maximum absolute atomic E-state index is 10.9. The third kappa shape index (κ3) is 4.84. The lowest BCUT2D eigenvalue weighted by molar-refractivity contribution is 0.368. The average molecular weight is 333 g/mol. The SMILES string of the molecule is CC(C)c1c(O)cc(C=Cc2ccccc2)cc1OS(=O)(=O)[O-]. The van der Waals surface area contributed by atoms with E-state index in [1.807, 2.05) is 30.3 Å². The van der Waals surface area contributed by atoms with Gasteiger partial charge in [0.05, 0.1) is 0 Å². The summed E-state index contributed by atoms with van der Waals surface area (Å²) in [7, 11) is -4.92. The van der Waals surface area contributed by atoms with Crippen molar-refractivity contribution in [1.82, 2.24) is 0 Å². The lowest BCUT2D eigenvalue weighted by atomic mass is 9.98. The molecule has 0 amide bonds. The zero-order valence-electron chi connectivity index (χ0n) is 12.8. The van der Waals surface area contributed by atoms with Crippen molar-refractivity contribution < 1.29 is 22.3 Å². The molecular formula is C17H17O5S-. The Morgan fingerprint density at radius 2 is 1.70 bits per heavy atom. The highest BCUT2D eigenvalue weighted by atomic mass is 32.3. The van der Waals surface area contributed by atoms with Crippen LogP contribution in [0.1, 0.15) is 36.5 Å². The molecular weight excluding hydrogens is 316 g/mol. The minimum absolute atomic E-state index is 0.117. The molecule has 0 saturated heterocycles. The highest BCUT2D eigenvalue weighted by molar-refractivity contribution is 7.81. The molecule has 0 aliphatic heterocycles. The van der Waals surface area contributed by atoms with Crippen LogP contribution >= 0.6 is 0 Å². The predicted octanol–water partition coefficient (Wildman–Crippen LogP) is 3.53. The number of phenolic OH excluding ortho intramolecular Hbond substituents is 1. The zero-order valence-corrected chi connectivity index (χ0v) is 13.6. The van der Waals surface area contributed by atoms with Crippen LogP contribution in [0, 0.1) is 0 Å². The molecule has 0 fully saturated rings. The van der Waals surface area contributed by atoms with Gasteiger partial charge in [0.2, 0.25) is 0 Å². The van der Waals surface area contributed by atoms with Crippen molar-refractivity contribution in [3.8, 4) is 11.5 Å². The summed E-state index contributed by atoms with van der Waals surface area (Å²) in [4.78, 5) is 0. The zero-order chi connectivity index (χ0) is 17.0. The van der Waals surface area contributed by atoms with Gasteiger partial charge in [-0.3, -0.25) is 0 Å². The molecule has 6 heteroatoms. The van der Waals surface area contributed by atoms with Crippen LogP contribution in [-0.2, 0) is 10.4 Å². The van der Waals surface area contributed by atoms with Crippen LogP contribution in [0.3, 0.4) is 0 Å². The molecule has 5 nitrogen and oxygen atoms in total. The van der Waals surface area contributed by atoms with Gasteiger partial charge >= 0.3 is 0 Å². The minimum atomic E-state index is -4.92. The van der Waals surface area contributed by atoms with Gasteiger partial charge in [-0.25, -0.2) is 8.42 Å². The molecule has 0 atom stereocenters. The molecule has 0 saturated carbocycles. The van der Waals surface area contributed by atoms with E-state index in [9.17, 15) is 18.1 Å². The molecule has 0 heterocycles. The number of aromatic hydroxyl groups is 1. The molecule has 23 heavy (non-hydrogen) atoms. The Hall–Kier alpha value is -2.31. The Kier molecular flexibility index (Phi) is 5.08. The fraction of sp³-hybridized carbons (Fsp3) is 0.176. The van der Waals surface area contributed by atoms with Gasteiger partial charge in [0.15, 0.2) is 0 Å². The molecule has 2 aromatic carbocycles. The van der Waals surface area contributed by atoms with E-state index in [-0.39, 0.29) is 23.0 Å². The van der Waals surface area contributed by atoms with Gasteiger partial charge in [-0.2, -0.15) is 0 Å². The van der Waals surface area contributed by atoms with E-state index < -0.39 is 10.4 Å². The van der Waals surface area contributed by atoms with Gasteiger partial charge in [0.25, 0.3) is 10.4 Å². The highest BCUT2D eigenvalue weighted by Crippen LogP contribution is 2.37. The van der Waals surface area contributed by atoms with Crippen molar-refractivity contribution in [1.29, 1.82) is 0 Å². The third-order valence-electron chi connectivity index (χ3n) is 3.18. The molecule has 0 aliphatic rings. The smallest absolute Gasteiger partial charge is 0.262 e. The maximum atomic E-state index is 10.9. The summed E-state index contributed by atoms with van der Waals surface area (Å²) in [5.41, 5.74) is 1.74. The van der Waals surface area contributed by atoms with Gasteiger partial charge in [-0.05, 0) is 29.2 Å². The van der Waals surface area contributed by atoms with Crippen LogP contribution < -0.4 is 4.18 Å². The quantitative estimate of drug-likeness (QED) is 0.514. The molecule has 0 aliphatic carbocycles. The van der Waals surface area contributed by atoms with Crippen LogP contribution in [-0.4, -0.2) is 18.1 Å². The largest absolute Gasteiger partial charge is 0.716 e. The summed E-state index contributed by atoms with van der Waals surface area (Å²) in [6.45, 7) is 3.53. The van der Waals surface area contributed by atoms with Crippen LogP contribution in [0.5, 0.6) is 11.5 Å². The Bertz CT molecular complexity index is 808. The van der Waals surface area contributed by atoms with E-state index in [2.05, 4.69) is 4.18 Å². The number of phenols is 1. The normalized spacial score (nSPS) is 12.0. The molecule has 0 aromatic heterocycles. The van der Waals surface area contributed by atoms with Gasteiger partial charge in [0, 0.05) is 5.56 Å². The first-order valence-electron chi connectivity index (χ1n) is 7.01. The van der Waals surface area contributed by atoms with Crippen molar-refractivity contribution in [3.63, 3.8) is 0 Å². The molecule has 0 radical (unpaired) electrons. The van der Waals surface area contributed by atoms with Crippen LogP contribution in [0.25, 0.3) is 12.2 Å². The van der Waals surface area contributed by atoms with Crippen molar-refractivity contribution >= 4 is 22.6 Å². The van der Waals surface area contributed by atoms with E-state index in [1.165, 1.54) is 12.1 Å². The second-order valence-electron chi connectivity index (χ2n) is 5.34. The van der Waals surface area contributed by atoms with Gasteiger partial charge < -0.3 is 13.8 Å². The van der Waals surface area contributed by atoms with Crippen LogP contribution in [0.15, 0.2) is 42.5 Å². The lowest BCUT2D eigenvalue weighted by Gasteiger charge is -2.17. The van der Waals surface area contributed by atoms with E-state index in [4.69, 9.17) is 0 Å². The Morgan fingerprint density at radius 1 is 1.09 bits per heavy atom. The second-order valence-corrected chi connectivity index (χ2v) is 6.33. The summed E-state index contributed by atoms with van der Waals surface area (Å²) in [6.07, 6.45) is 3.50. The number of hydrogen-bond donors (Lipinski definition) is 1. The number of hydrogen-bond acceptors (Lipinski definition) is 5. The van der Waals surface area contributed by atoms with E-state index in [1.54, 1.807) is 26.0 Å². The number of benzene rings is 2. The molecule has 0 bridgehead atoms. The maximum Gasteiger partial charge on any atom is 0.262 e. The topological polar surface area (TPSA) is 86.7 Å². The Balaban J connectivity index is 2.44. The summed E-state index contributed by atoms with van der Waals surface area (Å²) >= 11 is 0. The average Bonchev–Trinajstić information content (AvgIpc) is 2.43. The van der Waals surface area contributed by atoms with Gasteiger partial charge in [-0.15, -0.1) is 0 Å². The standard InChI is InChI=1S/C17H18O5S/c1-12(2)17-15(18)10-14(11-16(17)22-23(19,20)21)9-8-13-6-4-3-5-7-13/h3-12,18H,1-2H3,(H,19,20,21)/p-1. The summed E-state index contributed by atoms with van der Waals surface area (Å²) in [6, 6.07) is 12.4. The third-order valence-corrected chi connectivity index (χ3v) is 3.56. The lowest BCUT2D eigenvalue weighted by Crippen LogP contribution is -2.09. The van der Waals surface area contributed by atoms with Gasteiger partial charge in [0.1, 0.15) is 11.5 Å². The van der Waals surface area contributed by atoms with Crippen LogP contribution in [0.4, 0.5) is 0 Å². The fourth-order valence-corrected chi connectivity index (χ4v) is 2.60. The highest BCUT2D eigenvalue weighted by Gasteiger charge is 2.16. The van der Waals surface area contributed by atoms with Crippen molar-refractivity contribution in [3.05, 3.63) is 59.2 Å². The minimum Gasteiger partial charge on any atom is -0.716 e. The first-order chi connectivity index (χ1) is 10.8. The molecule has 0 spiro atoms. The van der Waals surface area contributed by atoms with E-state index in [0.29, 0.717) is 5.56 Å². The van der Waals surface area contributed by atoms with Crippen molar-refractivity contribution in [2.24, 2.45) is 0 Å². The number of rotatable bonds is 5. The molecule has 0 unspecified atom stereocenters. The fourth-order valence-electron chi connectivity index (χ4n) is 2.24. The summed E-state index contributed by atoms with van der Waals surface area (Å²) in [5, 5.41) is 10.1.